The van der Waals surface area contributed by atoms with E-state index in [2.05, 4.69) is 10.1 Å². The third-order valence-electron chi connectivity index (χ3n) is 4.13. The van der Waals surface area contributed by atoms with E-state index < -0.39 is 0 Å². The number of amides is 1. The van der Waals surface area contributed by atoms with Crippen LogP contribution in [0.25, 0.3) is 21.5 Å². The number of fused-ring (bicyclic) bond motifs is 1. The Morgan fingerprint density at radius 2 is 1.88 bits per heavy atom. The third kappa shape index (κ3) is 3.50. The van der Waals surface area contributed by atoms with Crippen molar-refractivity contribution in [2.45, 2.75) is 27.3 Å². The van der Waals surface area contributed by atoms with Crippen molar-refractivity contribution in [1.82, 2.24) is 19.7 Å². The van der Waals surface area contributed by atoms with Crippen molar-refractivity contribution < 1.29 is 4.79 Å². The van der Waals surface area contributed by atoms with Crippen molar-refractivity contribution in [2.75, 3.05) is 13.1 Å². The Hall–Kier alpha value is -2.25. The van der Waals surface area contributed by atoms with Crippen LogP contribution in [0.1, 0.15) is 18.9 Å². The van der Waals surface area contributed by atoms with Gasteiger partial charge in [0.25, 0.3) is 5.56 Å². The second-order valence-corrected chi connectivity index (χ2v) is 7.43. The average molecular weight is 391 g/mol. The molecule has 1 amide bonds. The van der Waals surface area contributed by atoms with Gasteiger partial charge in [-0.25, -0.2) is 9.67 Å². The van der Waals surface area contributed by atoms with Gasteiger partial charge in [0.05, 0.1) is 9.71 Å². The Labute approximate surface area is 160 Å². The summed E-state index contributed by atoms with van der Waals surface area (Å²) in [4.78, 5) is 31.3. The maximum Gasteiger partial charge on any atom is 0.294 e. The monoisotopic (exact) mass is 390 g/mol. The summed E-state index contributed by atoms with van der Waals surface area (Å²) in [5.74, 6) is -0.141. The first-order valence-corrected chi connectivity index (χ1v) is 9.56. The van der Waals surface area contributed by atoms with Gasteiger partial charge in [-0.1, -0.05) is 23.7 Å². The number of aromatic nitrogens is 3. The average Bonchev–Trinajstić information content (AvgIpc) is 3.01. The summed E-state index contributed by atoms with van der Waals surface area (Å²) in [5.41, 5.74) is 1.46. The van der Waals surface area contributed by atoms with Gasteiger partial charge in [-0.15, -0.1) is 11.3 Å². The predicted molar refractivity (Wildman–Crippen MR) is 105 cm³/mol. The summed E-state index contributed by atoms with van der Waals surface area (Å²) in [5, 5.41) is 5.89. The standard InChI is InChI=1S/C18H19ClN4O2S/c1-4-22(5-2)14(24)10-23-18(25)16-17(26-11(3)20-16)15(21-23)12-6-8-13(19)9-7-12/h6-9H,4-5,10H2,1-3H3. The van der Waals surface area contributed by atoms with Gasteiger partial charge in [0.2, 0.25) is 5.91 Å². The minimum atomic E-state index is -0.345. The summed E-state index contributed by atoms with van der Waals surface area (Å²) in [6.45, 7) is 6.74. The van der Waals surface area contributed by atoms with E-state index in [0.29, 0.717) is 29.3 Å². The molecular formula is C18H19ClN4O2S. The van der Waals surface area contributed by atoms with E-state index in [-0.39, 0.29) is 18.0 Å². The molecule has 0 saturated carbocycles. The normalized spacial score (nSPS) is 11.1. The van der Waals surface area contributed by atoms with Gasteiger partial charge in [0, 0.05) is 23.7 Å². The van der Waals surface area contributed by atoms with Crippen LogP contribution in [0.4, 0.5) is 0 Å². The topological polar surface area (TPSA) is 68.1 Å². The number of aryl methyl sites for hydroxylation is 1. The van der Waals surface area contributed by atoms with Gasteiger partial charge in [0.1, 0.15) is 12.2 Å². The molecule has 0 N–H and O–H groups in total. The highest BCUT2D eigenvalue weighted by atomic mass is 35.5. The molecule has 1 aromatic carbocycles. The molecule has 6 nitrogen and oxygen atoms in total. The maximum absolute atomic E-state index is 12.8. The van der Waals surface area contributed by atoms with Crippen LogP contribution < -0.4 is 5.56 Å². The molecule has 2 aromatic heterocycles. The molecule has 0 aliphatic heterocycles. The quantitative estimate of drug-likeness (QED) is 0.670. The number of hydrogen-bond acceptors (Lipinski definition) is 5. The lowest BCUT2D eigenvalue weighted by Crippen LogP contribution is -2.37. The minimum absolute atomic E-state index is 0.104. The van der Waals surface area contributed by atoms with E-state index in [0.717, 1.165) is 15.3 Å². The van der Waals surface area contributed by atoms with Gasteiger partial charge < -0.3 is 4.90 Å². The van der Waals surface area contributed by atoms with Gasteiger partial charge >= 0.3 is 0 Å². The number of carbonyl (C=O) groups is 1. The lowest BCUT2D eigenvalue weighted by molar-refractivity contribution is -0.131. The van der Waals surface area contributed by atoms with E-state index in [9.17, 15) is 9.59 Å². The van der Waals surface area contributed by atoms with E-state index in [1.807, 2.05) is 32.9 Å². The first-order valence-electron chi connectivity index (χ1n) is 8.36. The van der Waals surface area contributed by atoms with E-state index >= 15 is 0 Å². The van der Waals surface area contributed by atoms with Gasteiger partial charge in [-0.2, -0.15) is 5.10 Å². The number of carbonyl (C=O) groups excluding carboxylic acids is 1. The van der Waals surface area contributed by atoms with E-state index in [1.54, 1.807) is 17.0 Å². The number of likely N-dealkylation sites (N-methyl/N-ethyl adjacent to an activating group) is 1. The number of nitrogens with zero attached hydrogens (tertiary/aromatic N) is 4. The summed E-state index contributed by atoms with van der Waals surface area (Å²) >= 11 is 7.40. The SMILES string of the molecule is CCN(CC)C(=O)Cn1nc(-c2ccc(Cl)cc2)c2sc(C)nc2c1=O. The van der Waals surface area contributed by atoms with Crippen molar-refractivity contribution in [2.24, 2.45) is 0 Å². The van der Waals surface area contributed by atoms with Crippen LogP contribution in [-0.4, -0.2) is 38.7 Å². The molecular weight excluding hydrogens is 372 g/mol. The van der Waals surface area contributed by atoms with Gasteiger partial charge in [0.15, 0.2) is 5.52 Å². The van der Waals surface area contributed by atoms with Gasteiger partial charge in [-0.05, 0) is 32.9 Å². The summed E-state index contributed by atoms with van der Waals surface area (Å²) < 4.78 is 1.94. The van der Waals surface area contributed by atoms with Crippen molar-refractivity contribution >= 4 is 39.1 Å². The first kappa shape index (κ1) is 18.5. The number of rotatable bonds is 5. The largest absolute Gasteiger partial charge is 0.342 e. The fourth-order valence-corrected chi connectivity index (χ4v) is 3.82. The third-order valence-corrected chi connectivity index (χ3v) is 5.36. The highest BCUT2D eigenvalue weighted by molar-refractivity contribution is 7.19. The first-order chi connectivity index (χ1) is 12.4. The van der Waals surface area contributed by atoms with Crippen LogP contribution in [0.5, 0.6) is 0 Å². The Bertz CT molecular complexity index is 1010. The molecule has 26 heavy (non-hydrogen) atoms. The van der Waals surface area contributed by atoms with Crippen molar-refractivity contribution in [3.8, 4) is 11.3 Å². The number of benzene rings is 1. The molecule has 136 valence electrons. The van der Waals surface area contributed by atoms with Crippen molar-refractivity contribution in [3.63, 3.8) is 0 Å². The Morgan fingerprint density at radius 1 is 1.23 bits per heavy atom. The molecule has 0 radical (unpaired) electrons. The van der Waals surface area contributed by atoms with Crippen LogP contribution in [-0.2, 0) is 11.3 Å². The zero-order chi connectivity index (χ0) is 18.8. The van der Waals surface area contributed by atoms with Crippen LogP contribution in [0.3, 0.4) is 0 Å². The number of hydrogen-bond donors (Lipinski definition) is 0. The van der Waals surface area contributed by atoms with Crippen LogP contribution in [0.15, 0.2) is 29.1 Å². The molecule has 2 heterocycles. The highest BCUT2D eigenvalue weighted by Crippen LogP contribution is 2.30. The summed E-state index contributed by atoms with van der Waals surface area (Å²) in [6, 6.07) is 7.24. The Kier molecular flexibility index (Phi) is 5.38. The second kappa shape index (κ2) is 7.55. The van der Waals surface area contributed by atoms with E-state index in [4.69, 9.17) is 11.6 Å². The summed E-state index contributed by atoms with van der Waals surface area (Å²) in [6.07, 6.45) is 0. The second-order valence-electron chi connectivity index (χ2n) is 5.79. The molecule has 3 rings (SSSR count). The molecule has 0 fully saturated rings. The molecule has 8 heteroatoms. The molecule has 3 aromatic rings. The smallest absolute Gasteiger partial charge is 0.294 e. The molecule has 0 aliphatic carbocycles. The minimum Gasteiger partial charge on any atom is -0.342 e. The van der Waals surface area contributed by atoms with Crippen LogP contribution >= 0.6 is 22.9 Å². The molecule has 0 atom stereocenters. The fourth-order valence-electron chi connectivity index (χ4n) is 2.77. The zero-order valence-electron chi connectivity index (χ0n) is 14.8. The molecule has 0 saturated heterocycles. The fraction of sp³-hybridized carbons (Fsp3) is 0.333. The number of thiazole rings is 1. The molecule has 0 aliphatic rings. The van der Waals surface area contributed by atoms with Crippen LogP contribution in [0.2, 0.25) is 5.02 Å². The molecule has 0 unspecified atom stereocenters. The van der Waals surface area contributed by atoms with E-state index in [1.165, 1.54) is 16.0 Å². The van der Waals surface area contributed by atoms with Crippen molar-refractivity contribution in [3.05, 3.63) is 44.6 Å². The van der Waals surface area contributed by atoms with Crippen molar-refractivity contribution in [1.29, 1.82) is 0 Å². The summed E-state index contributed by atoms with van der Waals surface area (Å²) in [7, 11) is 0. The highest BCUT2D eigenvalue weighted by Gasteiger charge is 2.19. The number of halogens is 1. The lowest BCUT2D eigenvalue weighted by Gasteiger charge is -2.19. The van der Waals surface area contributed by atoms with Gasteiger partial charge in [-0.3, -0.25) is 9.59 Å². The zero-order valence-corrected chi connectivity index (χ0v) is 16.4. The Balaban J connectivity index is 2.15. The maximum atomic E-state index is 12.8. The predicted octanol–water partition coefficient (Wildman–Crippen LogP) is 3.35. The molecule has 0 spiro atoms. The molecule has 0 bridgehead atoms. The Morgan fingerprint density at radius 3 is 2.50 bits per heavy atom. The lowest BCUT2D eigenvalue weighted by atomic mass is 10.1. The van der Waals surface area contributed by atoms with Crippen LogP contribution in [0, 0.1) is 6.92 Å².